The molecule has 124 valence electrons. The molecule has 1 aromatic carbocycles. The summed E-state index contributed by atoms with van der Waals surface area (Å²) >= 11 is 0. The second kappa shape index (κ2) is 7.40. The van der Waals surface area contributed by atoms with Crippen LogP contribution in [0.25, 0.3) is 0 Å². The summed E-state index contributed by atoms with van der Waals surface area (Å²) in [4.78, 5) is 11.6. The number of carbonyl (C=O) groups excluding carboxylic acids is 1. The number of aliphatic hydroxyl groups excluding tert-OH is 1. The molecule has 0 bridgehead atoms. The van der Waals surface area contributed by atoms with Crippen LogP contribution in [-0.2, 0) is 11.3 Å². The number of ether oxygens (including phenoxy) is 2. The van der Waals surface area contributed by atoms with Crippen LogP contribution in [0.4, 0.5) is 13.6 Å². The zero-order valence-corrected chi connectivity index (χ0v) is 13.1. The molecule has 1 rings (SSSR count). The lowest BCUT2D eigenvalue weighted by atomic mass is 10.2. The summed E-state index contributed by atoms with van der Waals surface area (Å²) in [6.45, 7) is 6.22. The molecule has 0 radical (unpaired) electrons. The third kappa shape index (κ3) is 5.85. The van der Waals surface area contributed by atoms with Gasteiger partial charge in [-0.25, -0.2) is 13.6 Å². The highest BCUT2D eigenvalue weighted by molar-refractivity contribution is 5.68. The van der Waals surface area contributed by atoms with Crippen LogP contribution in [-0.4, -0.2) is 29.4 Å². The molecule has 1 amide bonds. The number of halogens is 2. The van der Waals surface area contributed by atoms with Gasteiger partial charge in [-0.2, -0.15) is 0 Å². The molecule has 2 N–H and O–H groups in total. The second-order valence-corrected chi connectivity index (χ2v) is 5.89. The minimum absolute atomic E-state index is 0.00182. The molecule has 0 saturated heterocycles. The van der Waals surface area contributed by atoms with E-state index in [0.717, 1.165) is 6.07 Å². The van der Waals surface area contributed by atoms with Gasteiger partial charge in [0.05, 0.1) is 12.6 Å². The quantitative estimate of drug-likeness (QED) is 0.876. The Hall–Kier alpha value is -1.89. The molecule has 0 aliphatic carbocycles. The summed E-state index contributed by atoms with van der Waals surface area (Å²) in [5.74, 6) is -1.94. The van der Waals surface area contributed by atoms with Crippen LogP contribution < -0.4 is 10.1 Å². The molecular formula is C15H21F2NO4. The Morgan fingerprint density at radius 2 is 2.00 bits per heavy atom. The van der Waals surface area contributed by atoms with E-state index in [1.165, 1.54) is 0 Å². The van der Waals surface area contributed by atoms with E-state index < -0.39 is 36.0 Å². The molecular weight excluding hydrogens is 296 g/mol. The number of hydrogen-bond acceptors (Lipinski definition) is 4. The first kappa shape index (κ1) is 18.2. The third-order valence-corrected chi connectivity index (χ3v) is 2.50. The average molecular weight is 317 g/mol. The maximum atomic E-state index is 13.6. The van der Waals surface area contributed by atoms with Crippen molar-refractivity contribution in [2.75, 3.05) is 6.61 Å². The number of rotatable bonds is 5. The highest BCUT2D eigenvalue weighted by Crippen LogP contribution is 2.24. The summed E-state index contributed by atoms with van der Waals surface area (Å²) < 4.78 is 37.0. The van der Waals surface area contributed by atoms with Crippen LogP contribution >= 0.6 is 0 Å². The van der Waals surface area contributed by atoms with E-state index in [2.05, 4.69) is 5.32 Å². The average Bonchev–Trinajstić information content (AvgIpc) is 2.34. The Morgan fingerprint density at radius 1 is 1.36 bits per heavy atom. The van der Waals surface area contributed by atoms with E-state index in [4.69, 9.17) is 14.6 Å². The zero-order valence-electron chi connectivity index (χ0n) is 13.1. The first-order chi connectivity index (χ1) is 10.1. The fraction of sp³-hybridized carbons (Fsp3) is 0.533. The summed E-state index contributed by atoms with van der Waals surface area (Å²) in [6.07, 6.45) is -0.620. The molecule has 0 aliphatic heterocycles. The molecule has 0 aliphatic rings. The summed E-state index contributed by atoms with van der Waals surface area (Å²) in [6, 6.07) is 1.19. The van der Waals surface area contributed by atoms with Gasteiger partial charge in [-0.1, -0.05) is 0 Å². The van der Waals surface area contributed by atoms with Crippen LogP contribution in [0.2, 0.25) is 0 Å². The molecule has 1 aromatic rings. The van der Waals surface area contributed by atoms with E-state index >= 15 is 0 Å². The van der Waals surface area contributed by atoms with Crippen LogP contribution in [0.5, 0.6) is 5.75 Å². The Labute approximate surface area is 128 Å². The van der Waals surface area contributed by atoms with Crippen molar-refractivity contribution in [3.05, 3.63) is 29.3 Å². The van der Waals surface area contributed by atoms with Crippen molar-refractivity contribution in [2.24, 2.45) is 0 Å². The number of carbonyl (C=O) groups is 1. The second-order valence-electron chi connectivity index (χ2n) is 5.89. The molecule has 22 heavy (non-hydrogen) atoms. The lowest BCUT2D eigenvalue weighted by Gasteiger charge is -2.22. The van der Waals surface area contributed by atoms with Gasteiger partial charge in [-0.15, -0.1) is 0 Å². The van der Waals surface area contributed by atoms with Crippen molar-refractivity contribution >= 4 is 6.09 Å². The van der Waals surface area contributed by atoms with Gasteiger partial charge in [0.1, 0.15) is 18.0 Å². The number of hydrogen-bond donors (Lipinski definition) is 2. The summed E-state index contributed by atoms with van der Waals surface area (Å²) in [5, 5.41) is 11.6. The lowest BCUT2D eigenvalue weighted by molar-refractivity contribution is 0.0493. The normalized spacial score (nSPS) is 12.7. The molecule has 1 atom stereocenters. The van der Waals surface area contributed by atoms with E-state index in [0.29, 0.717) is 6.07 Å². The Morgan fingerprint density at radius 3 is 2.55 bits per heavy atom. The number of benzene rings is 1. The van der Waals surface area contributed by atoms with Crippen LogP contribution in [0.3, 0.4) is 0 Å². The molecule has 0 fully saturated rings. The highest BCUT2D eigenvalue weighted by atomic mass is 19.1. The fourth-order valence-electron chi connectivity index (χ4n) is 1.65. The Bertz CT molecular complexity index is 529. The van der Waals surface area contributed by atoms with Crippen molar-refractivity contribution < 1.29 is 28.2 Å². The summed E-state index contributed by atoms with van der Waals surface area (Å²) in [5.41, 5.74) is -0.625. The Balaban J connectivity index is 2.61. The molecule has 0 saturated carbocycles. The number of amides is 1. The first-order valence-corrected chi connectivity index (χ1v) is 6.83. The molecule has 7 heteroatoms. The topological polar surface area (TPSA) is 67.8 Å². The summed E-state index contributed by atoms with van der Waals surface area (Å²) in [7, 11) is 0. The lowest BCUT2D eigenvalue weighted by Crippen LogP contribution is -2.40. The predicted molar refractivity (Wildman–Crippen MR) is 76.6 cm³/mol. The minimum Gasteiger partial charge on any atom is -0.488 e. The van der Waals surface area contributed by atoms with Crippen molar-refractivity contribution in [1.82, 2.24) is 5.32 Å². The smallest absolute Gasteiger partial charge is 0.407 e. The van der Waals surface area contributed by atoms with Crippen LogP contribution in [0, 0.1) is 11.6 Å². The predicted octanol–water partition coefficient (Wildman–Crippen LogP) is 2.75. The van der Waals surface area contributed by atoms with Crippen molar-refractivity contribution in [2.45, 2.75) is 45.9 Å². The zero-order chi connectivity index (χ0) is 16.9. The van der Waals surface area contributed by atoms with Gasteiger partial charge in [0, 0.05) is 11.6 Å². The van der Waals surface area contributed by atoms with Crippen molar-refractivity contribution in [3.63, 3.8) is 0 Å². The van der Waals surface area contributed by atoms with Gasteiger partial charge in [0.15, 0.2) is 11.6 Å². The molecule has 0 heterocycles. The largest absolute Gasteiger partial charge is 0.488 e. The maximum absolute atomic E-state index is 13.6. The molecule has 0 unspecified atom stereocenters. The Kier molecular flexibility index (Phi) is 6.11. The molecule has 5 nitrogen and oxygen atoms in total. The first-order valence-electron chi connectivity index (χ1n) is 6.83. The van der Waals surface area contributed by atoms with Crippen molar-refractivity contribution in [1.29, 1.82) is 0 Å². The minimum atomic E-state index is -0.909. The van der Waals surface area contributed by atoms with Crippen molar-refractivity contribution in [3.8, 4) is 5.75 Å². The van der Waals surface area contributed by atoms with Gasteiger partial charge in [0.2, 0.25) is 0 Å². The van der Waals surface area contributed by atoms with Crippen LogP contribution in [0.1, 0.15) is 33.3 Å². The van der Waals surface area contributed by atoms with Crippen LogP contribution in [0.15, 0.2) is 12.1 Å². The van der Waals surface area contributed by atoms with Gasteiger partial charge in [-0.3, -0.25) is 0 Å². The van der Waals surface area contributed by atoms with Gasteiger partial charge in [0.25, 0.3) is 0 Å². The van der Waals surface area contributed by atoms with E-state index in [-0.39, 0.29) is 17.9 Å². The fourth-order valence-corrected chi connectivity index (χ4v) is 1.65. The number of alkyl carbamates (subject to hydrolysis) is 1. The SMILES string of the molecule is C[C@H](COc1c(F)cc(F)cc1CO)NC(=O)OC(C)(C)C. The van der Waals surface area contributed by atoms with Gasteiger partial charge < -0.3 is 19.9 Å². The number of aliphatic hydroxyl groups is 1. The van der Waals surface area contributed by atoms with Gasteiger partial charge in [-0.05, 0) is 33.8 Å². The monoisotopic (exact) mass is 317 g/mol. The van der Waals surface area contributed by atoms with E-state index in [1.54, 1.807) is 27.7 Å². The molecule has 0 spiro atoms. The highest BCUT2D eigenvalue weighted by Gasteiger charge is 2.19. The molecule has 0 aromatic heterocycles. The van der Waals surface area contributed by atoms with E-state index in [9.17, 15) is 13.6 Å². The van der Waals surface area contributed by atoms with Gasteiger partial charge >= 0.3 is 6.09 Å². The number of nitrogens with one attached hydrogen (secondary N) is 1. The standard InChI is InChI=1S/C15H21F2NO4/c1-9(18-14(20)22-15(2,3)4)8-21-13-10(7-19)5-11(16)6-12(13)17/h5-6,9,19H,7-8H2,1-4H3,(H,18,20)/t9-/m1/s1. The van der Waals surface area contributed by atoms with E-state index in [1.807, 2.05) is 0 Å². The third-order valence-electron chi connectivity index (χ3n) is 2.50. The maximum Gasteiger partial charge on any atom is 0.407 e.